The van der Waals surface area contributed by atoms with Crippen molar-refractivity contribution in [3.05, 3.63) is 21.1 Å². The topological polar surface area (TPSA) is 71.1 Å². The first kappa shape index (κ1) is 21.6. The van der Waals surface area contributed by atoms with Gasteiger partial charge in [0.2, 0.25) is 0 Å². The summed E-state index contributed by atoms with van der Waals surface area (Å²) in [7, 11) is 1.35. The zero-order chi connectivity index (χ0) is 19.6. The van der Waals surface area contributed by atoms with E-state index in [2.05, 4.69) is 15.9 Å². The van der Waals surface area contributed by atoms with Gasteiger partial charge in [-0.2, -0.15) is 0 Å². The lowest BCUT2D eigenvalue weighted by atomic mass is 10.1. The van der Waals surface area contributed by atoms with Crippen LogP contribution in [0.5, 0.6) is 11.5 Å². The molecule has 0 fully saturated rings. The molecule has 1 aromatic carbocycles. The molecule has 0 heterocycles. The van der Waals surface area contributed by atoms with Crippen LogP contribution in [0.1, 0.15) is 51.9 Å². The maximum absolute atomic E-state index is 12.6. The van der Waals surface area contributed by atoms with Gasteiger partial charge < -0.3 is 18.9 Å². The molecule has 1 rings (SSSR count). The Balaban J connectivity index is 3.40. The second kappa shape index (κ2) is 7.83. The van der Waals surface area contributed by atoms with Crippen LogP contribution >= 0.6 is 27.5 Å². The van der Waals surface area contributed by atoms with Crippen LogP contribution in [0.3, 0.4) is 0 Å². The Hall–Kier alpha value is -1.47. The van der Waals surface area contributed by atoms with Crippen LogP contribution in [-0.4, -0.2) is 30.4 Å². The minimum Gasteiger partial charge on any atom is -0.494 e. The number of methoxy groups -OCH3 is 1. The molecule has 0 bridgehead atoms. The van der Waals surface area contributed by atoms with Crippen LogP contribution < -0.4 is 9.47 Å². The largest absolute Gasteiger partial charge is 0.514 e. The zero-order valence-corrected chi connectivity index (χ0v) is 17.6. The summed E-state index contributed by atoms with van der Waals surface area (Å²) >= 11 is 9.37. The van der Waals surface area contributed by atoms with Crippen LogP contribution in [0.4, 0.5) is 4.79 Å². The first-order chi connectivity index (χ1) is 11.2. The van der Waals surface area contributed by atoms with E-state index in [1.165, 1.54) is 13.2 Å². The van der Waals surface area contributed by atoms with Crippen LogP contribution in [0.15, 0.2) is 10.5 Å². The van der Waals surface area contributed by atoms with Crippen molar-refractivity contribution in [2.45, 2.75) is 52.7 Å². The number of ether oxygens (including phenoxy) is 4. The van der Waals surface area contributed by atoms with Gasteiger partial charge in [-0.3, -0.25) is 0 Å². The van der Waals surface area contributed by atoms with Crippen molar-refractivity contribution >= 4 is 39.7 Å². The Bertz CT molecular complexity index is 673. The highest BCUT2D eigenvalue weighted by Crippen LogP contribution is 2.42. The number of benzene rings is 1. The first-order valence-corrected chi connectivity index (χ1v) is 8.62. The average Bonchev–Trinajstić information content (AvgIpc) is 2.36. The third-order valence-electron chi connectivity index (χ3n) is 2.52. The molecule has 0 aliphatic heterocycles. The van der Waals surface area contributed by atoms with E-state index < -0.39 is 23.3 Å². The van der Waals surface area contributed by atoms with Gasteiger partial charge in [0.05, 0.1) is 16.6 Å². The van der Waals surface area contributed by atoms with E-state index in [9.17, 15) is 9.59 Å². The highest BCUT2D eigenvalue weighted by atomic mass is 79.9. The predicted molar refractivity (Wildman–Crippen MR) is 97.7 cm³/mol. The molecule has 0 aliphatic carbocycles. The maximum atomic E-state index is 12.6. The minimum atomic E-state index is -0.970. The average molecular weight is 438 g/mol. The molecular formula is C17H22BrClO6. The SMILES string of the molecule is COc1c(Cl)cc(Br)c(OC(=O)OC(C)(C)C)c1C(=O)OC(C)(C)C. The highest BCUT2D eigenvalue weighted by molar-refractivity contribution is 9.10. The fourth-order valence-electron chi connectivity index (χ4n) is 1.75. The van der Waals surface area contributed by atoms with Gasteiger partial charge in [-0.1, -0.05) is 11.6 Å². The van der Waals surface area contributed by atoms with Gasteiger partial charge in [0.1, 0.15) is 16.8 Å². The Kier molecular flexibility index (Phi) is 6.75. The summed E-state index contributed by atoms with van der Waals surface area (Å²) in [6.07, 6.45) is -0.970. The predicted octanol–water partition coefficient (Wildman–Crippen LogP) is 5.38. The van der Waals surface area contributed by atoms with Crippen molar-refractivity contribution in [1.29, 1.82) is 0 Å². The van der Waals surface area contributed by atoms with Gasteiger partial charge in [0.25, 0.3) is 0 Å². The van der Waals surface area contributed by atoms with E-state index in [0.717, 1.165) is 0 Å². The lowest BCUT2D eigenvalue weighted by Crippen LogP contribution is -2.28. The minimum absolute atomic E-state index is 0.0395. The highest BCUT2D eigenvalue weighted by Gasteiger charge is 2.31. The zero-order valence-electron chi connectivity index (χ0n) is 15.3. The molecule has 0 aliphatic rings. The molecule has 1 aromatic rings. The summed E-state index contributed by atoms with van der Waals surface area (Å²) in [5, 5.41) is 0.159. The fraction of sp³-hybridized carbons (Fsp3) is 0.529. The molecule has 0 N–H and O–H groups in total. The fourth-order valence-corrected chi connectivity index (χ4v) is 2.67. The van der Waals surface area contributed by atoms with E-state index in [4.69, 9.17) is 30.5 Å². The summed E-state index contributed by atoms with van der Waals surface area (Å²) in [5.41, 5.74) is -1.63. The van der Waals surface area contributed by atoms with Crippen molar-refractivity contribution < 1.29 is 28.5 Å². The van der Waals surface area contributed by atoms with Crippen molar-refractivity contribution in [3.8, 4) is 11.5 Å². The molecule has 0 radical (unpaired) electrons. The summed E-state index contributed by atoms with van der Waals surface area (Å²) in [6, 6.07) is 1.45. The number of hydrogen-bond donors (Lipinski definition) is 0. The number of carbonyl (C=O) groups excluding carboxylic acids is 2. The quantitative estimate of drug-likeness (QED) is 0.467. The van der Waals surface area contributed by atoms with E-state index in [1.807, 2.05) is 0 Å². The summed E-state index contributed by atoms with van der Waals surface area (Å²) in [5.74, 6) is -0.798. The monoisotopic (exact) mass is 436 g/mol. The van der Waals surface area contributed by atoms with Gasteiger partial charge >= 0.3 is 12.1 Å². The molecular weight excluding hydrogens is 416 g/mol. The van der Waals surface area contributed by atoms with Gasteiger partial charge in [0, 0.05) is 0 Å². The van der Waals surface area contributed by atoms with Gasteiger partial charge in [-0.15, -0.1) is 0 Å². The Morgan fingerprint density at radius 2 is 1.52 bits per heavy atom. The molecule has 0 amide bonds. The van der Waals surface area contributed by atoms with E-state index in [0.29, 0.717) is 0 Å². The molecule has 0 unspecified atom stereocenters. The normalized spacial score (nSPS) is 11.7. The maximum Gasteiger partial charge on any atom is 0.514 e. The number of hydrogen-bond acceptors (Lipinski definition) is 6. The number of carbonyl (C=O) groups is 2. The van der Waals surface area contributed by atoms with Gasteiger partial charge in [0.15, 0.2) is 11.5 Å². The number of esters is 1. The summed E-state index contributed by atoms with van der Waals surface area (Å²) in [4.78, 5) is 24.7. The van der Waals surface area contributed by atoms with E-state index >= 15 is 0 Å². The third-order valence-corrected chi connectivity index (χ3v) is 3.39. The second-order valence-corrected chi connectivity index (χ2v) is 8.41. The van der Waals surface area contributed by atoms with Crippen LogP contribution in [0, 0.1) is 0 Å². The van der Waals surface area contributed by atoms with Gasteiger partial charge in [-0.25, -0.2) is 9.59 Å². The van der Waals surface area contributed by atoms with Crippen LogP contribution in [0.2, 0.25) is 5.02 Å². The molecule has 25 heavy (non-hydrogen) atoms. The molecule has 6 nitrogen and oxygen atoms in total. The Morgan fingerprint density at radius 3 is 1.96 bits per heavy atom. The standard InChI is InChI=1S/C17H22BrClO6/c1-16(2,3)24-14(20)11-12(23-15(21)25-17(4,5)6)9(18)8-10(19)13(11)22-7/h8H,1-7H3. The summed E-state index contributed by atoms with van der Waals surface area (Å²) in [6.45, 7) is 10.2. The molecule has 0 saturated carbocycles. The Labute approximate surface area is 160 Å². The van der Waals surface area contributed by atoms with Crippen molar-refractivity contribution in [3.63, 3.8) is 0 Å². The number of halogens is 2. The molecule has 0 atom stereocenters. The second-order valence-electron chi connectivity index (χ2n) is 7.15. The molecule has 8 heteroatoms. The third kappa shape index (κ3) is 6.40. The van der Waals surface area contributed by atoms with Crippen molar-refractivity contribution in [2.24, 2.45) is 0 Å². The molecule has 0 spiro atoms. The van der Waals surface area contributed by atoms with E-state index in [-0.39, 0.29) is 26.6 Å². The molecule has 140 valence electrons. The first-order valence-electron chi connectivity index (χ1n) is 7.45. The number of rotatable bonds is 3. The van der Waals surface area contributed by atoms with Crippen molar-refractivity contribution in [2.75, 3.05) is 7.11 Å². The lowest BCUT2D eigenvalue weighted by Gasteiger charge is -2.23. The van der Waals surface area contributed by atoms with Crippen LogP contribution in [0.25, 0.3) is 0 Å². The molecule has 0 aromatic heterocycles. The van der Waals surface area contributed by atoms with Crippen molar-refractivity contribution in [1.82, 2.24) is 0 Å². The Morgan fingerprint density at radius 1 is 1.00 bits per heavy atom. The lowest BCUT2D eigenvalue weighted by molar-refractivity contribution is 0.00574. The smallest absolute Gasteiger partial charge is 0.494 e. The van der Waals surface area contributed by atoms with E-state index in [1.54, 1.807) is 41.5 Å². The van der Waals surface area contributed by atoms with Gasteiger partial charge in [-0.05, 0) is 63.5 Å². The summed E-state index contributed by atoms with van der Waals surface area (Å²) < 4.78 is 21.2. The molecule has 0 saturated heterocycles. The van der Waals surface area contributed by atoms with Crippen LogP contribution in [-0.2, 0) is 9.47 Å².